The van der Waals surface area contributed by atoms with Gasteiger partial charge in [-0.2, -0.15) is 0 Å². The lowest BCUT2D eigenvalue weighted by Crippen LogP contribution is -2.13. The molecular formula is C19H19N5O3. The Bertz CT molecular complexity index is 967. The van der Waals surface area contributed by atoms with E-state index in [4.69, 9.17) is 9.47 Å². The molecule has 0 radical (unpaired) electrons. The van der Waals surface area contributed by atoms with Crippen LogP contribution in [0.5, 0.6) is 11.5 Å². The van der Waals surface area contributed by atoms with Gasteiger partial charge in [-0.25, -0.2) is 4.68 Å². The second-order valence-electron chi connectivity index (χ2n) is 5.56. The van der Waals surface area contributed by atoms with Crippen LogP contribution in [0.2, 0.25) is 0 Å². The van der Waals surface area contributed by atoms with Gasteiger partial charge in [0.25, 0.3) is 5.91 Å². The standard InChI is InChI=1S/C19H19N5O3/c1-4-6-13-9-14(10-17(26-2)18(13)27-3)19(25)21-15-7-5-8-16(11-15)24-12-20-22-23-24/h4-12H,1-3H3,(H,21,25). The molecule has 138 valence electrons. The topological polar surface area (TPSA) is 91.2 Å². The molecule has 0 bridgehead atoms. The maximum Gasteiger partial charge on any atom is 0.255 e. The first-order valence-corrected chi connectivity index (χ1v) is 8.19. The van der Waals surface area contributed by atoms with Crippen LogP contribution in [-0.4, -0.2) is 40.3 Å². The van der Waals surface area contributed by atoms with Crippen molar-refractivity contribution in [2.45, 2.75) is 6.92 Å². The normalized spacial score (nSPS) is 10.8. The number of nitrogens with one attached hydrogen (secondary N) is 1. The highest BCUT2D eigenvalue weighted by atomic mass is 16.5. The van der Waals surface area contributed by atoms with Crippen molar-refractivity contribution in [1.29, 1.82) is 0 Å². The lowest BCUT2D eigenvalue weighted by atomic mass is 10.1. The molecule has 1 N–H and O–H groups in total. The Labute approximate surface area is 156 Å². The van der Waals surface area contributed by atoms with E-state index in [2.05, 4.69) is 20.8 Å². The fraction of sp³-hybridized carbons (Fsp3) is 0.158. The minimum atomic E-state index is -0.268. The largest absolute Gasteiger partial charge is 0.493 e. The zero-order chi connectivity index (χ0) is 19.2. The Balaban J connectivity index is 1.90. The number of carbonyl (C=O) groups excluding carboxylic acids is 1. The molecule has 0 atom stereocenters. The summed E-state index contributed by atoms with van der Waals surface area (Å²) < 4.78 is 12.3. The number of benzene rings is 2. The minimum Gasteiger partial charge on any atom is -0.493 e. The third-order valence-corrected chi connectivity index (χ3v) is 3.83. The van der Waals surface area contributed by atoms with Crippen molar-refractivity contribution in [2.75, 3.05) is 19.5 Å². The van der Waals surface area contributed by atoms with Crippen LogP contribution in [0.25, 0.3) is 11.8 Å². The second kappa shape index (κ2) is 8.13. The summed E-state index contributed by atoms with van der Waals surface area (Å²) in [6.07, 6.45) is 5.21. The molecule has 27 heavy (non-hydrogen) atoms. The van der Waals surface area contributed by atoms with Crippen LogP contribution in [-0.2, 0) is 0 Å². The summed E-state index contributed by atoms with van der Waals surface area (Å²) in [7, 11) is 3.10. The van der Waals surface area contributed by atoms with Gasteiger partial charge in [-0.05, 0) is 47.7 Å². The van der Waals surface area contributed by atoms with Gasteiger partial charge in [0.15, 0.2) is 11.5 Å². The highest BCUT2D eigenvalue weighted by molar-refractivity contribution is 6.05. The van der Waals surface area contributed by atoms with Crippen LogP contribution in [0.15, 0.2) is 48.8 Å². The van der Waals surface area contributed by atoms with Gasteiger partial charge in [0, 0.05) is 16.8 Å². The highest BCUT2D eigenvalue weighted by Crippen LogP contribution is 2.33. The number of hydrogen-bond acceptors (Lipinski definition) is 6. The summed E-state index contributed by atoms with van der Waals surface area (Å²) in [6, 6.07) is 10.6. The molecule has 0 spiro atoms. The molecule has 2 aromatic carbocycles. The average molecular weight is 365 g/mol. The Morgan fingerprint density at radius 3 is 2.70 bits per heavy atom. The smallest absolute Gasteiger partial charge is 0.255 e. The predicted molar refractivity (Wildman–Crippen MR) is 101 cm³/mol. The fourth-order valence-electron chi connectivity index (χ4n) is 2.64. The van der Waals surface area contributed by atoms with Crippen LogP contribution in [0.4, 0.5) is 5.69 Å². The van der Waals surface area contributed by atoms with E-state index in [1.165, 1.54) is 18.1 Å². The molecule has 0 aliphatic heterocycles. The fourth-order valence-corrected chi connectivity index (χ4v) is 2.64. The quantitative estimate of drug-likeness (QED) is 0.722. The molecule has 0 aliphatic carbocycles. The molecule has 8 nitrogen and oxygen atoms in total. The number of methoxy groups -OCH3 is 2. The first-order chi connectivity index (χ1) is 13.2. The zero-order valence-corrected chi connectivity index (χ0v) is 15.2. The number of amides is 1. The molecule has 8 heteroatoms. The number of allylic oxidation sites excluding steroid dienone is 1. The van der Waals surface area contributed by atoms with E-state index >= 15 is 0 Å². The first-order valence-electron chi connectivity index (χ1n) is 8.19. The molecular weight excluding hydrogens is 346 g/mol. The van der Waals surface area contributed by atoms with Gasteiger partial charge in [-0.3, -0.25) is 4.79 Å². The molecule has 3 rings (SSSR count). The number of rotatable bonds is 6. The molecule has 0 saturated heterocycles. The third kappa shape index (κ3) is 3.95. The van der Waals surface area contributed by atoms with Crippen LogP contribution in [0, 0.1) is 0 Å². The Kier molecular flexibility index (Phi) is 5.46. The molecule has 0 fully saturated rings. The van der Waals surface area contributed by atoms with Gasteiger partial charge < -0.3 is 14.8 Å². The van der Waals surface area contributed by atoms with Crippen LogP contribution >= 0.6 is 0 Å². The number of carbonyl (C=O) groups is 1. The molecule has 0 aliphatic rings. The van der Waals surface area contributed by atoms with Crippen LogP contribution < -0.4 is 14.8 Å². The van der Waals surface area contributed by atoms with E-state index in [-0.39, 0.29) is 5.91 Å². The zero-order valence-electron chi connectivity index (χ0n) is 15.2. The van der Waals surface area contributed by atoms with Gasteiger partial charge in [0.2, 0.25) is 0 Å². The number of ether oxygens (including phenoxy) is 2. The average Bonchev–Trinajstić information content (AvgIpc) is 3.22. The van der Waals surface area contributed by atoms with Gasteiger partial charge in [0.1, 0.15) is 6.33 Å². The molecule has 0 unspecified atom stereocenters. The molecule has 0 saturated carbocycles. The van der Waals surface area contributed by atoms with Crippen molar-refractivity contribution in [3.63, 3.8) is 0 Å². The monoisotopic (exact) mass is 365 g/mol. The Morgan fingerprint density at radius 2 is 2.04 bits per heavy atom. The van der Waals surface area contributed by atoms with Gasteiger partial charge in [-0.1, -0.05) is 18.2 Å². The summed E-state index contributed by atoms with van der Waals surface area (Å²) in [5.74, 6) is 0.795. The predicted octanol–water partition coefficient (Wildman–Crippen LogP) is 2.96. The van der Waals surface area contributed by atoms with Gasteiger partial charge in [-0.15, -0.1) is 5.10 Å². The van der Waals surface area contributed by atoms with Crippen molar-refractivity contribution < 1.29 is 14.3 Å². The summed E-state index contributed by atoms with van der Waals surface area (Å²) >= 11 is 0. The number of aromatic nitrogens is 4. The maximum atomic E-state index is 12.8. The van der Waals surface area contributed by atoms with E-state index < -0.39 is 0 Å². The van der Waals surface area contributed by atoms with Crippen molar-refractivity contribution in [2.24, 2.45) is 0 Å². The molecule has 1 heterocycles. The van der Waals surface area contributed by atoms with E-state index in [1.54, 1.807) is 31.4 Å². The van der Waals surface area contributed by atoms with Crippen molar-refractivity contribution in [1.82, 2.24) is 20.2 Å². The molecule has 1 amide bonds. The Morgan fingerprint density at radius 1 is 1.19 bits per heavy atom. The van der Waals surface area contributed by atoms with Gasteiger partial charge in [0.05, 0.1) is 19.9 Å². The Hall–Kier alpha value is -3.68. The number of hydrogen-bond donors (Lipinski definition) is 1. The molecule has 3 aromatic rings. The highest BCUT2D eigenvalue weighted by Gasteiger charge is 2.15. The summed E-state index contributed by atoms with van der Waals surface area (Å²) in [5, 5.41) is 13.9. The van der Waals surface area contributed by atoms with Crippen molar-refractivity contribution in [3.05, 3.63) is 59.9 Å². The van der Waals surface area contributed by atoms with Crippen molar-refractivity contribution in [3.8, 4) is 17.2 Å². The molecule has 1 aromatic heterocycles. The first kappa shape index (κ1) is 18.1. The lowest BCUT2D eigenvalue weighted by molar-refractivity contribution is 0.102. The van der Waals surface area contributed by atoms with E-state index in [0.29, 0.717) is 22.7 Å². The second-order valence-corrected chi connectivity index (χ2v) is 5.56. The summed E-state index contributed by atoms with van der Waals surface area (Å²) in [6.45, 7) is 1.89. The number of tetrazole rings is 1. The van der Waals surface area contributed by atoms with Crippen LogP contribution in [0.1, 0.15) is 22.8 Å². The van der Waals surface area contributed by atoms with E-state index in [9.17, 15) is 4.79 Å². The third-order valence-electron chi connectivity index (χ3n) is 3.83. The van der Waals surface area contributed by atoms with Crippen LogP contribution in [0.3, 0.4) is 0 Å². The summed E-state index contributed by atoms with van der Waals surface area (Å²) in [4.78, 5) is 12.8. The van der Waals surface area contributed by atoms with Gasteiger partial charge >= 0.3 is 0 Å². The van der Waals surface area contributed by atoms with E-state index in [0.717, 1.165) is 11.3 Å². The lowest BCUT2D eigenvalue weighted by Gasteiger charge is -2.13. The number of anilines is 1. The van der Waals surface area contributed by atoms with Crippen molar-refractivity contribution >= 4 is 17.7 Å². The number of nitrogens with zero attached hydrogens (tertiary/aromatic N) is 4. The van der Waals surface area contributed by atoms with E-state index in [1.807, 2.05) is 31.2 Å². The summed E-state index contributed by atoms with van der Waals surface area (Å²) in [5.41, 5.74) is 2.57. The minimum absolute atomic E-state index is 0.268. The maximum absolute atomic E-state index is 12.8. The SMILES string of the molecule is CC=Cc1cc(C(=O)Nc2cccc(-n3cnnn3)c2)cc(OC)c1OC.